The van der Waals surface area contributed by atoms with Crippen LogP contribution in [-0.4, -0.2) is 38.2 Å². The van der Waals surface area contributed by atoms with Gasteiger partial charge in [-0.15, -0.1) is 0 Å². The van der Waals surface area contributed by atoms with Crippen molar-refractivity contribution in [2.45, 2.75) is 0 Å². The van der Waals surface area contributed by atoms with Crippen LogP contribution in [0.1, 0.15) is 0 Å². The minimum absolute atomic E-state index is 0.583. The van der Waals surface area contributed by atoms with Gasteiger partial charge in [-0.05, 0) is 153 Å². The van der Waals surface area contributed by atoms with Crippen molar-refractivity contribution in [3.05, 3.63) is 400 Å². The minimum atomic E-state index is 0.583. The van der Waals surface area contributed by atoms with Crippen LogP contribution in [0.15, 0.2) is 400 Å². The van der Waals surface area contributed by atoms with Gasteiger partial charge in [-0.2, -0.15) is 0 Å². The molecule has 0 atom stereocenters. The van der Waals surface area contributed by atoms with Crippen LogP contribution in [0, 0.1) is 0 Å². The van der Waals surface area contributed by atoms with Gasteiger partial charge in [-0.3, -0.25) is 0 Å². The minimum Gasteiger partial charge on any atom is -0.309 e. The highest BCUT2D eigenvalue weighted by Gasteiger charge is 2.25. The second-order valence-electron chi connectivity index (χ2n) is 29.7. The molecule has 0 N–H and O–H groups in total. The molecule has 6 heterocycles. The van der Waals surface area contributed by atoms with Crippen molar-refractivity contribution < 1.29 is 0 Å². The summed E-state index contributed by atoms with van der Waals surface area (Å²) in [7, 11) is 0. The van der Waals surface area contributed by atoms with Gasteiger partial charge in [0.25, 0.3) is 0 Å². The fourth-order valence-electron chi connectivity index (χ4n) is 17.8. The molecule has 0 saturated carbocycles. The molecule has 0 bridgehead atoms. The lowest BCUT2D eigenvalue weighted by Crippen LogP contribution is -2.01. The highest BCUT2D eigenvalue weighted by atomic mass is 15.0. The smallest absolute Gasteiger partial charge is 0.164 e. The van der Waals surface area contributed by atoms with E-state index in [1.807, 2.05) is 18.2 Å². The largest absolute Gasteiger partial charge is 0.309 e. The molecule has 0 amide bonds. The van der Waals surface area contributed by atoms with Gasteiger partial charge in [0.15, 0.2) is 17.5 Å². The summed E-state index contributed by atoms with van der Waals surface area (Å²) in [6.07, 6.45) is 0. The summed E-state index contributed by atoms with van der Waals surface area (Å²) in [5.74, 6) is 1.77. The van der Waals surface area contributed by atoms with Crippen molar-refractivity contribution in [2.75, 3.05) is 0 Å². The zero-order chi connectivity index (χ0) is 74.9. The first-order valence-electron chi connectivity index (χ1n) is 38.8. The summed E-state index contributed by atoms with van der Waals surface area (Å²) < 4.78 is 9.79. The molecule has 0 radical (unpaired) electrons. The standard InChI is InChI=1S/C106H66N8/c1-4-25-67(26-5-1)79-61-92(72-29-6-2-7-30-72)107-93(62-79)76-36-21-39-80(58-76)112-99-56-55-75(60-87(99)91-64-90-86-45-16-19-48-98(86)114(103(90)66-101(91)112)95-50-24-34-71-28-11-13-42-83(71)95)69-53-51-68(52-54-69)74-35-20-37-77(57-74)105-108-104(73-31-8-3-9-32-73)109-106(110-105)78-38-22-40-81(59-78)111-96-46-17-14-43-84(96)88-63-89-85-44-15-18-47-97(85)113(102(89)65-100(88)111)94-49-23-33-70-27-10-12-41-82(70)94/h1-66H. The Kier molecular flexibility index (Phi) is 14.8. The summed E-state index contributed by atoms with van der Waals surface area (Å²) in [5, 5.41) is 14.3. The van der Waals surface area contributed by atoms with Gasteiger partial charge in [-0.1, -0.05) is 291 Å². The summed E-state index contributed by atoms with van der Waals surface area (Å²) in [6.45, 7) is 0. The van der Waals surface area contributed by atoms with E-state index in [9.17, 15) is 0 Å². The van der Waals surface area contributed by atoms with E-state index in [0.717, 1.165) is 139 Å². The summed E-state index contributed by atoms with van der Waals surface area (Å²) in [4.78, 5) is 21.4. The van der Waals surface area contributed by atoms with E-state index in [2.05, 4.69) is 400 Å². The molecule has 23 rings (SSSR count). The topological polar surface area (TPSA) is 71.3 Å². The van der Waals surface area contributed by atoms with E-state index < -0.39 is 0 Å². The van der Waals surface area contributed by atoms with E-state index in [4.69, 9.17) is 19.9 Å². The SMILES string of the molecule is c1ccc(-c2cc(-c3ccccc3)nc(-c3cccc(-n4c5ccc(-c6ccc(-c7cccc(-c8nc(-c9ccccc9)nc(-c9cccc(-n%10c%11ccccc%11c%11cc%12c%13ccccc%13n(-c%13cccc%14ccccc%13%14)c%12cc%11%10)c9)n8)c7)cc6)cc5c5cc6c7ccccc7n(-c7cccc8ccccc78)c6cc54)c3)c2)cc1. The van der Waals surface area contributed by atoms with Crippen LogP contribution in [0.4, 0.5) is 0 Å². The molecule has 0 spiro atoms. The van der Waals surface area contributed by atoms with Gasteiger partial charge in [-0.25, -0.2) is 19.9 Å². The molecule has 530 valence electrons. The second-order valence-corrected chi connectivity index (χ2v) is 29.7. The summed E-state index contributed by atoms with van der Waals surface area (Å²) in [6, 6.07) is 145. The van der Waals surface area contributed by atoms with Gasteiger partial charge in [0.1, 0.15) is 0 Å². The fraction of sp³-hybridized carbons (Fsp3) is 0. The predicted octanol–water partition coefficient (Wildman–Crippen LogP) is 27.3. The van der Waals surface area contributed by atoms with Crippen molar-refractivity contribution in [2.24, 2.45) is 0 Å². The molecular weight excluding hydrogens is 1390 g/mol. The van der Waals surface area contributed by atoms with Gasteiger partial charge in [0.05, 0.1) is 66.9 Å². The van der Waals surface area contributed by atoms with E-state index >= 15 is 0 Å². The van der Waals surface area contributed by atoms with Crippen LogP contribution in [0.2, 0.25) is 0 Å². The molecule has 0 aliphatic rings. The number of benzene rings is 17. The predicted molar refractivity (Wildman–Crippen MR) is 473 cm³/mol. The molecule has 0 aliphatic carbocycles. The molecule has 0 fully saturated rings. The number of pyridine rings is 1. The third-order valence-corrected chi connectivity index (χ3v) is 23.1. The molecule has 0 unspecified atom stereocenters. The first-order chi connectivity index (χ1) is 56.5. The van der Waals surface area contributed by atoms with Gasteiger partial charge in [0.2, 0.25) is 0 Å². The molecule has 0 aliphatic heterocycles. The first kappa shape index (κ1) is 64.6. The molecule has 0 saturated heterocycles. The Bertz CT molecular complexity index is 7770. The monoisotopic (exact) mass is 1450 g/mol. The maximum atomic E-state index is 5.42. The van der Waals surface area contributed by atoms with E-state index in [1.54, 1.807) is 0 Å². The maximum Gasteiger partial charge on any atom is 0.164 e. The number of hydrogen-bond acceptors (Lipinski definition) is 4. The third kappa shape index (κ3) is 10.6. The average Bonchev–Trinajstić information content (AvgIpc) is 1.55. The molecular formula is C106H66N8. The molecule has 8 heteroatoms. The summed E-state index contributed by atoms with van der Waals surface area (Å²) >= 11 is 0. The van der Waals surface area contributed by atoms with E-state index in [-0.39, 0.29) is 0 Å². The molecule has 114 heavy (non-hydrogen) atoms. The van der Waals surface area contributed by atoms with Crippen LogP contribution in [0.5, 0.6) is 0 Å². The summed E-state index contributed by atoms with van der Waals surface area (Å²) in [5.41, 5.74) is 26.6. The molecule has 6 aromatic heterocycles. The van der Waals surface area contributed by atoms with Crippen LogP contribution >= 0.6 is 0 Å². The Hall–Kier alpha value is -15.4. The Labute approximate surface area is 655 Å². The van der Waals surface area contributed by atoms with Crippen molar-refractivity contribution in [3.63, 3.8) is 0 Å². The number of para-hydroxylation sites is 3. The van der Waals surface area contributed by atoms with Gasteiger partial charge in [0, 0.05) is 93.1 Å². The van der Waals surface area contributed by atoms with Crippen molar-refractivity contribution in [1.29, 1.82) is 0 Å². The number of nitrogens with zero attached hydrogens (tertiary/aromatic N) is 8. The highest BCUT2D eigenvalue weighted by molar-refractivity contribution is 6.22. The third-order valence-electron chi connectivity index (χ3n) is 23.1. The van der Waals surface area contributed by atoms with Crippen molar-refractivity contribution in [1.82, 2.24) is 38.2 Å². The van der Waals surface area contributed by atoms with Crippen LogP contribution in [0.25, 0.3) is 222 Å². The second kappa shape index (κ2) is 26.2. The Morgan fingerprint density at radius 1 is 0.149 bits per heavy atom. The molecule has 17 aromatic carbocycles. The van der Waals surface area contributed by atoms with Crippen LogP contribution in [0.3, 0.4) is 0 Å². The lowest BCUT2D eigenvalue weighted by molar-refractivity contribution is 1.07. The van der Waals surface area contributed by atoms with Gasteiger partial charge >= 0.3 is 0 Å². The highest BCUT2D eigenvalue weighted by Crippen LogP contribution is 2.46. The first-order valence-corrected chi connectivity index (χ1v) is 38.8. The zero-order valence-corrected chi connectivity index (χ0v) is 61.7. The van der Waals surface area contributed by atoms with Crippen molar-refractivity contribution >= 4 is 109 Å². The fourth-order valence-corrected chi connectivity index (χ4v) is 17.8. The number of hydrogen-bond donors (Lipinski definition) is 0. The number of rotatable bonds is 12. The lowest BCUT2D eigenvalue weighted by atomic mass is 9.98. The lowest BCUT2D eigenvalue weighted by Gasteiger charge is -2.14. The van der Waals surface area contributed by atoms with Gasteiger partial charge < -0.3 is 18.3 Å². The quantitative estimate of drug-likeness (QED) is 0.122. The number of aromatic nitrogens is 8. The van der Waals surface area contributed by atoms with E-state index in [0.29, 0.717) is 17.5 Å². The Morgan fingerprint density at radius 3 is 1.03 bits per heavy atom. The van der Waals surface area contributed by atoms with Crippen LogP contribution < -0.4 is 0 Å². The number of fused-ring (bicyclic) bond motifs is 14. The van der Waals surface area contributed by atoms with E-state index in [1.165, 1.54) is 64.8 Å². The Morgan fingerprint density at radius 2 is 0.482 bits per heavy atom. The van der Waals surface area contributed by atoms with Crippen molar-refractivity contribution in [3.8, 4) is 113 Å². The molecule has 8 nitrogen and oxygen atoms in total. The zero-order valence-electron chi connectivity index (χ0n) is 61.7. The Balaban J connectivity index is 0.630. The average molecular weight is 1450 g/mol. The van der Waals surface area contributed by atoms with Crippen LogP contribution in [-0.2, 0) is 0 Å². The maximum absolute atomic E-state index is 5.42. The molecule has 23 aromatic rings. The normalized spacial score (nSPS) is 11.9.